The van der Waals surface area contributed by atoms with Gasteiger partial charge < -0.3 is 14.0 Å². The van der Waals surface area contributed by atoms with E-state index in [9.17, 15) is 4.79 Å². The highest BCUT2D eigenvalue weighted by Crippen LogP contribution is 2.24. The van der Waals surface area contributed by atoms with Gasteiger partial charge in [-0.2, -0.15) is 4.98 Å². The van der Waals surface area contributed by atoms with E-state index in [1.807, 2.05) is 59.0 Å². The maximum atomic E-state index is 12.8. The Morgan fingerprint density at radius 3 is 2.81 bits per heavy atom. The van der Waals surface area contributed by atoms with Crippen LogP contribution in [-0.4, -0.2) is 38.1 Å². The van der Waals surface area contributed by atoms with Crippen LogP contribution in [-0.2, 0) is 11.3 Å². The van der Waals surface area contributed by atoms with Crippen LogP contribution in [0.2, 0.25) is 0 Å². The zero-order valence-corrected chi connectivity index (χ0v) is 15.8. The van der Waals surface area contributed by atoms with Crippen molar-refractivity contribution < 1.29 is 9.32 Å². The van der Waals surface area contributed by atoms with Crippen LogP contribution < -0.4 is 0 Å². The molecule has 1 amide bonds. The van der Waals surface area contributed by atoms with Crippen LogP contribution in [0.1, 0.15) is 31.7 Å². The molecule has 6 heteroatoms. The van der Waals surface area contributed by atoms with Crippen molar-refractivity contribution in [2.24, 2.45) is 0 Å². The lowest BCUT2D eigenvalue weighted by molar-refractivity contribution is -0.135. The Hall–Kier alpha value is -2.89. The Labute approximate surface area is 158 Å². The summed E-state index contributed by atoms with van der Waals surface area (Å²) in [5, 5.41) is 4.10. The first kappa shape index (κ1) is 17.5. The third kappa shape index (κ3) is 3.65. The van der Waals surface area contributed by atoms with Gasteiger partial charge in [-0.25, -0.2) is 0 Å². The van der Waals surface area contributed by atoms with Crippen molar-refractivity contribution >= 4 is 5.91 Å². The van der Waals surface area contributed by atoms with Gasteiger partial charge in [-0.3, -0.25) is 4.79 Å². The van der Waals surface area contributed by atoms with Gasteiger partial charge in [0.1, 0.15) is 12.2 Å². The number of amides is 1. The molecular weight excluding hydrogens is 340 g/mol. The smallest absolute Gasteiger partial charge is 0.274 e. The largest absolute Gasteiger partial charge is 0.338 e. The molecule has 1 aromatic carbocycles. The van der Waals surface area contributed by atoms with Crippen molar-refractivity contribution in [3.63, 3.8) is 0 Å². The molecule has 0 saturated carbocycles. The second-order valence-electron chi connectivity index (χ2n) is 7.24. The van der Waals surface area contributed by atoms with Gasteiger partial charge in [-0.05, 0) is 45.2 Å². The molecule has 0 spiro atoms. The van der Waals surface area contributed by atoms with Gasteiger partial charge in [0, 0.05) is 24.3 Å². The van der Waals surface area contributed by atoms with E-state index in [1.165, 1.54) is 12.0 Å². The molecule has 0 aliphatic carbocycles. The minimum atomic E-state index is 0.137. The number of aryl methyl sites for hydroxylation is 1. The number of benzene rings is 1. The molecule has 1 aliphatic rings. The van der Waals surface area contributed by atoms with Crippen molar-refractivity contribution in [3.05, 3.63) is 48.2 Å². The lowest BCUT2D eigenvalue weighted by Crippen LogP contribution is -2.43. The van der Waals surface area contributed by atoms with E-state index in [1.54, 1.807) is 0 Å². The summed E-state index contributed by atoms with van der Waals surface area (Å²) in [6.45, 7) is 5.29. The lowest BCUT2D eigenvalue weighted by atomic mass is 10.0. The average Bonchev–Trinajstić information content (AvgIpc) is 3.32. The molecule has 1 aliphatic heterocycles. The molecular formula is C21H24N4O2. The minimum absolute atomic E-state index is 0.137. The van der Waals surface area contributed by atoms with Crippen LogP contribution in [0.25, 0.3) is 23.0 Å². The first-order chi connectivity index (χ1) is 13.1. The SMILES string of the molecule is Cc1ccc(-c2noc(-c3cccn3CC(=O)N3CCCCC3C)n2)cc1. The second kappa shape index (κ2) is 7.39. The summed E-state index contributed by atoms with van der Waals surface area (Å²) >= 11 is 0. The van der Waals surface area contributed by atoms with Gasteiger partial charge in [0.05, 0.1) is 0 Å². The fourth-order valence-corrected chi connectivity index (χ4v) is 3.60. The first-order valence-corrected chi connectivity index (χ1v) is 9.47. The molecule has 27 heavy (non-hydrogen) atoms. The number of hydrogen-bond acceptors (Lipinski definition) is 4. The standard InChI is InChI=1S/C21H24N4O2/c1-15-8-10-17(11-9-15)20-22-21(27-23-20)18-7-5-12-24(18)14-19(26)25-13-4-3-6-16(25)2/h5,7-12,16H,3-4,6,13-14H2,1-2H3. The van der Waals surface area contributed by atoms with E-state index in [0.29, 0.717) is 17.8 Å². The van der Waals surface area contributed by atoms with Crippen molar-refractivity contribution in [2.45, 2.75) is 45.7 Å². The van der Waals surface area contributed by atoms with Crippen LogP contribution in [0.5, 0.6) is 0 Å². The number of rotatable bonds is 4. The van der Waals surface area contributed by atoms with Gasteiger partial charge in [-0.15, -0.1) is 0 Å². The van der Waals surface area contributed by atoms with Crippen LogP contribution in [0, 0.1) is 6.92 Å². The normalized spacial score (nSPS) is 17.3. The zero-order chi connectivity index (χ0) is 18.8. The van der Waals surface area contributed by atoms with Gasteiger partial charge in [0.25, 0.3) is 5.89 Å². The number of hydrogen-bond donors (Lipinski definition) is 0. The molecule has 1 atom stereocenters. The van der Waals surface area contributed by atoms with Crippen LogP contribution in [0.3, 0.4) is 0 Å². The predicted octanol–water partition coefficient (Wildman–Crippen LogP) is 3.91. The van der Waals surface area contributed by atoms with Gasteiger partial charge in [-0.1, -0.05) is 35.0 Å². The highest BCUT2D eigenvalue weighted by molar-refractivity contribution is 5.77. The Kier molecular flexibility index (Phi) is 4.79. The van der Waals surface area contributed by atoms with Crippen LogP contribution >= 0.6 is 0 Å². The topological polar surface area (TPSA) is 64.2 Å². The zero-order valence-electron chi connectivity index (χ0n) is 15.8. The number of carbonyl (C=O) groups is 1. The van der Waals surface area contributed by atoms with Crippen molar-refractivity contribution in [1.82, 2.24) is 19.6 Å². The Morgan fingerprint density at radius 1 is 1.22 bits per heavy atom. The predicted molar refractivity (Wildman–Crippen MR) is 103 cm³/mol. The number of aromatic nitrogens is 3. The third-order valence-electron chi connectivity index (χ3n) is 5.21. The molecule has 1 unspecified atom stereocenters. The molecule has 0 bridgehead atoms. The van der Waals surface area contributed by atoms with Crippen LogP contribution in [0.15, 0.2) is 47.1 Å². The van der Waals surface area contributed by atoms with E-state index in [4.69, 9.17) is 4.52 Å². The lowest BCUT2D eigenvalue weighted by Gasteiger charge is -2.33. The Bertz CT molecular complexity index is 926. The number of carbonyl (C=O) groups excluding carboxylic acids is 1. The summed E-state index contributed by atoms with van der Waals surface area (Å²) in [6, 6.07) is 12.1. The minimum Gasteiger partial charge on any atom is -0.338 e. The molecule has 3 heterocycles. The molecule has 4 rings (SSSR count). The van der Waals surface area contributed by atoms with E-state index >= 15 is 0 Å². The van der Waals surface area contributed by atoms with Crippen LogP contribution in [0.4, 0.5) is 0 Å². The average molecular weight is 364 g/mol. The molecule has 6 nitrogen and oxygen atoms in total. The number of nitrogens with zero attached hydrogens (tertiary/aromatic N) is 4. The first-order valence-electron chi connectivity index (χ1n) is 9.47. The third-order valence-corrected chi connectivity index (χ3v) is 5.21. The van der Waals surface area contributed by atoms with Crippen molar-refractivity contribution in [2.75, 3.05) is 6.54 Å². The number of likely N-dealkylation sites (tertiary alicyclic amines) is 1. The molecule has 1 fully saturated rings. The summed E-state index contributed by atoms with van der Waals surface area (Å²) in [7, 11) is 0. The van der Waals surface area contributed by atoms with Gasteiger partial charge in [0.15, 0.2) is 0 Å². The fraction of sp³-hybridized carbons (Fsp3) is 0.381. The molecule has 140 valence electrons. The highest BCUT2D eigenvalue weighted by Gasteiger charge is 2.24. The maximum absolute atomic E-state index is 12.8. The maximum Gasteiger partial charge on any atom is 0.274 e. The number of piperidine rings is 1. The van der Waals surface area contributed by atoms with Crippen molar-refractivity contribution in [1.29, 1.82) is 0 Å². The molecule has 1 saturated heterocycles. The fourth-order valence-electron chi connectivity index (χ4n) is 3.60. The summed E-state index contributed by atoms with van der Waals surface area (Å²) < 4.78 is 7.36. The Morgan fingerprint density at radius 2 is 2.04 bits per heavy atom. The van der Waals surface area contributed by atoms with Gasteiger partial charge >= 0.3 is 0 Å². The monoisotopic (exact) mass is 364 g/mol. The summed E-state index contributed by atoms with van der Waals surface area (Å²) in [5.41, 5.74) is 2.85. The van der Waals surface area contributed by atoms with E-state index in [2.05, 4.69) is 17.1 Å². The van der Waals surface area contributed by atoms with Crippen molar-refractivity contribution in [3.8, 4) is 23.0 Å². The quantitative estimate of drug-likeness (QED) is 0.704. The second-order valence-corrected chi connectivity index (χ2v) is 7.24. The molecule has 0 radical (unpaired) electrons. The van der Waals surface area contributed by atoms with E-state index < -0.39 is 0 Å². The summed E-state index contributed by atoms with van der Waals surface area (Å²) in [6.07, 6.45) is 5.24. The molecule has 0 N–H and O–H groups in total. The highest BCUT2D eigenvalue weighted by atomic mass is 16.5. The molecule has 3 aromatic rings. The Balaban J connectivity index is 1.54. The molecule has 2 aromatic heterocycles. The summed E-state index contributed by atoms with van der Waals surface area (Å²) in [5.74, 6) is 1.11. The van der Waals surface area contributed by atoms with E-state index in [0.717, 1.165) is 30.6 Å². The summed E-state index contributed by atoms with van der Waals surface area (Å²) in [4.78, 5) is 19.3. The van der Waals surface area contributed by atoms with Gasteiger partial charge in [0.2, 0.25) is 11.7 Å². The van der Waals surface area contributed by atoms with E-state index in [-0.39, 0.29) is 12.5 Å².